The van der Waals surface area contributed by atoms with Crippen LogP contribution >= 0.6 is 0 Å². The van der Waals surface area contributed by atoms with Crippen LogP contribution in [0.1, 0.15) is 31.0 Å². The molecule has 118 valence electrons. The van der Waals surface area contributed by atoms with Gasteiger partial charge in [-0.1, -0.05) is 0 Å². The number of piperidine rings is 1. The van der Waals surface area contributed by atoms with E-state index < -0.39 is 0 Å². The fourth-order valence-electron chi connectivity index (χ4n) is 2.89. The van der Waals surface area contributed by atoms with Gasteiger partial charge >= 0.3 is 0 Å². The van der Waals surface area contributed by atoms with Crippen LogP contribution in [-0.4, -0.2) is 55.1 Å². The van der Waals surface area contributed by atoms with E-state index in [0.29, 0.717) is 0 Å². The molecule has 1 aliphatic rings. The Morgan fingerprint density at radius 3 is 2.76 bits per heavy atom. The third-order valence-electron chi connectivity index (χ3n) is 4.36. The predicted octanol–water partition coefficient (Wildman–Crippen LogP) is 1.88. The second-order valence-electron chi connectivity index (χ2n) is 6.31. The van der Waals surface area contributed by atoms with Crippen LogP contribution in [0.25, 0.3) is 0 Å². The molecule has 0 amide bonds. The van der Waals surface area contributed by atoms with Crippen LogP contribution in [0.2, 0.25) is 0 Å². The van der Waals surface area contributed by atoms with Crippen molar-refractivity contribution in [2.45, 2.75) is 25.3 Å². The highest BCUT2D eigenvalue weighted by Gasteiger charge is 2.18. The number of nitrogens with two attached hydrogens (primary N) is 1. The van der Waals surface area contributed by atoms with Crippen molar-refractivity contribution in [3.05, 3.63) is 29.8 Å². The lowest BCUT2D eigenvalue weighted by Gasteiger charge is -2.32. The molecule has 21 heavy (non-hydrogen) atoms. The van der Waals surface area contributed by atoms with E-state index in [2.05, 4.69) is 28.9 Å². The maximum atomic E-state index is 12.8. The molecule has 1 aliphatic heterocycles. The summed E-state index contributed by atoms with van der Waals surface area (Å²) in [5.74, 6) is 0.483. The Morgan fingerprint density at radius 2 is 2.14 bits per heavy atom. The SMILES string of the molecule is CN1CCC(CN(C)CCC(N)c2ccc(F)cn2)CC1. The zero-order valence-electron chi connectivity index (χ0n) is 13.1. The highest BCUT2D eigenvalue weighted by Crippen LogP contribution is 2.18. The largest absolute Gasteiger partial charge is 0.323 e. The molecule has 1 unspecified atom stereocenters. The van der Waals surface area contributed by atoms with Crippen molar-refractivity contribution in [2.24, 2.45) is 11.7 Å². The molecule has 1 atom stereocenters. The van der Waals surface area contributed by atoms with E-state index in [1.807, 2.05) is 0 Å². The van der Waals surface area contributed by atoms with Gasteiger partial charge in [-0.05, 0) is 71.0 Å². The van der Waals surface area contributed by atoms with Crippen molar-refractivity contribution in [3.63, 3.8) is 0 Å². The minimum Gasteiger partial charge on any atom is -0.323 e. The van der Waals surface area contributed by atoms with Gasteiger partial charge in [0.15, 0.2) is 0 Å². The van der Waals surface area contributed by atoms with Crippen LogP contribution in [0.4, 0.5) is 4.39 Å². The summed E-state index contributed by atoms with van der Waals surface area (Å²) < 4.78 is 12.8. The topological polar surface area (TPSA) is 45.4 Å². The number of hydrogen-bond donors (Lipinski definition) is 1. The van der Waals surface area contributed by atoms with Crippen LogP contribution < -0.4 is 5.73 Å². The summed E-state index contributed by atoms with van der Waals surface area (Å²) in [7, 11) is 4.35. The van der Waals surface area contributed by atoms with Gasteiger partial charge in [-0.15, -0.1) is 0 Å². The van der Waals surface area contributed by atoms with E-state index in [1.165, 1.54) is 38.2 Å². The Morgan fingerprint density at radius 1 is 1.43 bits per heavy atom. The standard InChI is InChI=1S/C16H27FN4/c1-20-8-5-13(6-9-20)12-21(2)10-7-15(18)16-4-3-14(17)11-19-16/h3-4,11,13,15H,5-10,12,18H2,1-2H3. The van der Waals surface area contributed by atoms with Crippen molar-refractivity contribution in [2.75, 3.05) is 40.3 Å². The summed E-state index contributed by atoms with van der Waals surface area (Å²) in [6.45, 7) is 4.50. The smallest absolute Gasteiger partial charge is 0.141 e. The Labute approximate surface area is 127 Å². The normalized spacial score (nSPS) is 19.1. The molecule has 5 heteroatoms. The van der Waals surface area contributed by atoms with Gasteiger partial charge in [0, 0.05) is 12.6 Å². The molecule has 2 heterocycles. The molecule has 2 N–H and O–H groups in total. The average molecular weight is 294 g/mol. The average Bonchev–Trinajstić information content (AvgIpc) is 2.48. The monoisotopic (exact) mass is 294 g/mol. The Bertz CT molecular complexity index is 415. The quantitative estimate of drug-likeness (QED) is 0.870. The zero-order chi connectivity index (χ0) is 15.2. The van der Waals surface area contributed by atoms with Crippen molar-refractivity contribution < 1.29 is 4.39 Å². The molecule has 0 saturated carbocycles. The molecular formula is C16H27FN4. The van der Waals surface area contributed by atoms with Gasteiger partial charge in [0.25, 0.3) is 0 Å². The summed E-state index contributed by atoms with van der Waals surface area (Å²) >= 11 is 0. The summed E-state index contributed by atoms with van der Waals surface area (Å²) in [4.78, 5) is 8.81. The molecule has 0 aliphatic carbocycles. The third-order valence-corrected chi connectivity index (χ3v) is 4.36. The maximum absolute atomic E-state index is 12.8. The van der Waals surface area contributed by atoms with Crippen LogP contribution in [0, 0.1) is 11.7 Å². The summed E-state index contributed by atoms with van der Waals surface area (Å²) in [6.07, 6.45) is 4.65. The summed E-state index contributed by atoms with van der Waals surface area (Å²) in [5.41, 5.74) is 6.89. The predicted molar refractivity (Wildman–Crippen MR) is 83.5 cm³/mol. The van der Waals surface area contributed by atoms with Crippen LogP contribution in [0.5, 0.6) is 0 Å². The number of pyridine rings is 1. The van der Waals surface area contributed by atoms with E-state index >= 15 is 0 Å². The van der Waals surface area contributed by atoms with E-state index in [4.69, 9.17) is 5.73 Å². The molecule has 1 fully saturated rings. The van der Waals surface area contributed by atoms with Gasteiger partial charge in [-0.3, -0.25) is 4.98 Å². The Kier molecular flexibility index (Phi) is 6.08. The molecule has 0 radical (unpaired) electrons. The van der Waals surface area contributed by atoms with E-state index in [0.717, 1.165) is 31.1 Å². The van der Waals surface area contributed by atoms with Crippen molar-refractivity contribution in [1.29, 1.82) is 0 Å². The fourth-order valence-corrected chi connectivity index (χ4v) is 2.89. The van der Waals surface area contributed by atoms with E-state index in [9.17, 15) is 4.39 Å². The maximum Gasteiger partial charge on any atom is 0.141 e. The van der Waals surface area contributed by atoms with Crippen LogP contribution in [0.3, 0.4) is 0 Å². The molecule has 1 aromatic heterocycles. The van der Waals surface area contributed by atoms with Crippen LogP contribution in [-0.2, 0) is 0 Å². The van der Waals surface area contributed by atoms with Gasteiger partial charge in [0.1, 0.15) is 5.82 Å². The van der Waals surface area contributed by atoms with Gasteiger partial charge in [-0.25, -0.2) is 4.39 Å². The Hall–Kier alpha value is -1.04. The van der Waals surface area contributed by atoms with Gasteiger partial charge in [0.05, 0.1) is 11.9 Å². The molecule has 0 bridgehead atoms. The first kappa shape index (κ1) is 16.3. The molecular weight excluding hydrogens is 267 g/mol. The minimum atomic E-state index is -0.315. The van der Waals surface area contributed by atoms with Crippen molar-refractivity contribution in [3.8, 4) is 0 Å². The highest BCUT2D eigenvalue weighted by atomic mass is 19.1. The highest BCUT2D eigenvalue weighted by molar-refractivity contribution is 5.09. The third kappa shape index (κ3) is 5.34. The molecule has 1 aromatic rings. The van der Waals surface area contributed by atoms with Gasteiger partial charge in [-0.2, -0.15) is 0 Å². The summed E-state index contributed by atoms with van der Waals surface area (Å²) in [5, 5.41) is 0. The molecule has 2 rings (SSSR count). The number of aromatic nitrogens is 1. The van der Waals surface area contributed by atoms with E-state index in [-0.39, 0.29) is 11.9 Å². The zero-order valence-corrected chi connectivity index (χ0v) is 13.1. The molecule has 4 nitrogen and oxygen atoms in total. The van der Waals surface area contributed by atoms with Crippen molar-refractivity contribution >= 4 is 0 Å². The number of likely N-dealkylation sites (tertiary alicyclic amines) is 1. The first-order chi connectivity index (χ1) is 10.0. The summed E-state index contributed by atoms with van der Waals surface area (Å²) in [6, 6.07) is 2.98. The van der Waals surface area contributed by atoms with E-state index in [1.54, 1.807) is 6.07 Å². The number of nitrogens with zero attached hydrogens (tertiary/aromatic N) is 3. The van der Waals surface area contributed by atoms with Crippen LogP contribution in [0.15, 0.2) is 18.3 Å². The lowest BCUT2D eigenvalue weighted by molar-refractivity contribution is 0.174. The number of hydrogen-bond acceptors (Lipinski definition) is 4. The fraction of sp³-hybridized carbons (Fsp3) is 0.688. The van der Waals surface area contributed by atoms with Crippen molar-refractivity contribution in [1.82, 2.24) is 14.8 Å². The number of halogens is 1. The van der Waals surface area contributed by atoms with Gasteiger partial charge in [0.2, 0.25) is 0 Å². The molecule has 0 aromatic carbocycles. The Balaban J connectivity index is 1.70. The first-order valence-corrected chi connectivity index (χ1v) is 7.78. The second kappa shape index (κ2) is 7.82. The minimum absolute atomic E-state index is 0.120. The van der Waals surface area contributed by atoms with Gasteiger partial charge < -0.3 is 15.5 Å². The lowest BCUT2D eigenvalue weighted by atomic mass is 9.96. The lowest BCUT2D eigenvalue weighted by Crippen LogP contribution is -2.36. The second-order valence-corrected chi connectivity index (χ2v) is 6.31. The number of rotatable bonds is 6. The molecule has 0 spiro atoms. The first-order valence-electron chi connectivity index (χ1n) is 7.78. The molecule has 1 saturated heterocycles.